The number of halogens is 1. The monoisotopic (exact) mass is 248 g/mol. The Hall–Kier alpha value is -2.17. The minimum absolute atomic E-state index is 0.0109. The second-order valence-electron chi connectivity index (χ2n) is 3.93. The second kappa shape index (κ2) is 5.00. The average Bonchev–Trinajstić information content (AvgIpc) is 2.75. The summed E-state index contributed by atoms with van der Waals surface area (Å²) in [4.78, 5) is 10.9. The van der Waals surface area contributed by atoms with Gasteiger partial charge in [-0.1, -0.05) is 25.1 Å². The fourth-order valence-corrected chi connectivity index (χ4v) is 1.77. The summed E-state index contributed by atoms with van der Waals surface area (Å²) in [5.74, 6) is -1.39. The molecule has 0 atom stereocenters. The molecule has 0 aliphatic carbocycles. The molecular formula is C13H13FN2O2. The average molecular weight is 248 g/mol. The molecule has 0 amide bonds. The third-order valence-corrected chi connectivity index (χ3v) is 2.72. The van der Waals surface area contributed by atoms with Crippen LogP contribution in [0, 0.1) is 5.82 Å². The fourth-order valence-electron chi connectivity index (χ4n) is 1.77. The van der Waals surface area contributed by atoms with Crippen molar-refractivity contribution in [2.45, 2.75) is 19.9 Å². The van der Waals surface area contributed by atoms with Crippen LogP contribution >= 0.6 is 0 Å². The van der Waals surface area contributed by atoms with E-state index in [0.717, 1.165) is 5.69 Å². The van der Waals surface area contributed by atoms with Gasteiger partial charge >= 0.3 is 5.97 Å². The quantitative estimate of drug-likeness (QED) is 0.903. The van der Waals surface area contributed by atoms with Crippen molar-refractivity contribution < 1.29 is 14.3 Å². The summed E-state index contributed by atoms with van der Waals surface area (Å²) in [7, 11) is 0. The van der Waals surface area contributed by atoms with E-state index in [4.69, 9.17) is 5.11 Å². The molecule has 1 N–H and O–H groups in total. The van der Waals surface area contributed by atoms with Crippen LogP contribution < -0.4 is 0 Å². The lowest BCUT2D eigenvalue weighted by atomic mass is 10.2. The summed E-state index contributed by atoms with van der Waals surface area (Å²) in [5.41, 5.74) is 1.26. The van der Waals surface area contributed by atoms with Crippen LogP contribution in [0.15, 0.2) is 30.3 Å². The maximum atomic E-state index is 13.5. The zero-order valence-corrected chi connectivity index (χ0v) is 9.93. The zero-order chi connectivity index (χ0) is 13.1. The van der Waals surface area contributed by atoms with Crippen molar-refractivity contribution in [2.24, 2.45) is 0 Å². The normalized spacial score (nSPS) is 10.6. The Kier molecular flexibility index (Phi) is 3.41. The fraction of sp³-hybridized carbons (Fsp3) is 0.231. The number of nitrogens with zero attached hydrogens (tertiary/aromatic N) is 2. The van der Waals surface area contributed by atoms with Gasteiger partial charge in [-0.2, -0.15) is 5.10 Å². The summed E-state index contributed by atoms with van der Waals surface area (Å²) < 4.78 is 15.0. The molecular weight excluding hydrogens is 235 g/mol. The van der Waals surface area contributed by atoms with E-state index < -0.39 is 5.97 Å². The van der Waals surface area contributed by atoms with Gasteiger partial charge in [0.1, 0.15) is 5.82 Å². The molecule has 1 aromatic heterocycles. The van der Waals surface area contributed by atoms with E-state index in [1.807, 2.05) is 6.92 Å². The molecule has 1 aromatic carbocycles. The van der Waals surface area contributed by atoms with Gasteiger partial charge in [-0.3, -0.25) is 4.68 Å². The van der Waals surface area contributed by atoms with E-state index in [2.05, 4.69) is 5.10 Å². The predicted octanol–water partition coefficient (Wildman–Crippen LogP) is 2.33. The number of carboxylic acids is 1. The number of hydrogen-bond acceptors (Lipinski definition) is 2. The number of benzene rings is 1. The predicted molar refractivity (Wildman–Crippen MR) is 64.1 cm³/mol. The highest BCUT2D eigenvalue weighted by molar-refractivity contribution is 5.85. The van der Waals surface area contributed by atoms with Gasteiger partial charge < -0.3 is 5.11 Å². The molecule has 0 aliphatic heterocycles. The lowest BCUT2D eigenvalue weighted by Crippen LogP contribution is -2.08. The van der Waals surface area contributed by atoms with E-state index >= 15 is 0 Å². The van der Waals surface area contributed by atoms with E-state index in [0.29, 0.717) is 12.0 Å². The van der Waals surface area contributed by atoms with Crippen LogP contribution in [0.1, 0.15) is 28.7 Å². The van der Waals surface area contributed by atoms with Crippen LogP contribution in [0.5, 0.6) is 0 Å². The number of rotatable bonds is 4. The third kappa shape index (κ3) is 2.40. The molecule has 0 saturated carbocycles. The first-order valence-corrected chi connectivity index (χ1v) is 5.65. The molecule has 2 aromatic rings. The molecule has 5 heteroatoms. The van der Waals surface area contributed by atoms with E-state index in [-0.39, 0.29) is 18.1 Å². The number of hydrogen-bond donors (Lipinski definition) is 1. The van der Waals surface area contributed by atoms with Crippen molar-refractivity contribution in [2.75, 3.05) is 0 Å². The minimum Gasteiger partial charge on any atom is -0.476 e. The lowest BCUT2D eigenvalue weighted by Gasteiger charge is -2.06. The van der Waals surface area contributed by atoms with Gasteiger partial charge in [0, 0.05) is 11.3 Å². The molecule has 0 aliphatic rings. The van der Waals surface area contributed by atoms with Crippen molar-refractivity contribution in [1.29, 1.82) is 0 Å². The number of aromatic nitrogens is 2. The van der Waals surface area contributed by atoms with Gasteiger partial charge in [-0.05, 0) is 18.6 Å². The Morgan fingerprint density at radius 2 is 2.17 bits per heavy atom. The number of aryl methyl sites for hydroxylation is 1. The Labute approximate surface area is 104 Å². The smallest absolute Gasteiger partial charge is 0.356 e. The maximum absolute atomic E-state index is 13.5. The zero-order valence-electron chi connectivity index (χ0n) is 9.93. The molecule has 0 spiro atoms. The molecule has 2 rings (SSSR count). The highest BCUT2D eigenvalue weighted by Gasteiger charge is 2.13. The van der Waals surface area contributed by atoms with Crippen molar-refractivity contribution in [1.82, 2.24) is 9.78 Å². The number of aromatic carboxylic acids is 1. The van der Waals surface area contributed by atoms with Crippen LogP contribution in [-0.4, -0.2) is 20.9 Å². The van der Waals surface area contributed by atoms with E-state index in [1.165, 1.54) is 16.8 Å². The van der Waals surface area contributed by atoms with Crippen LogP contribution in [0.4, 0.5) is 4.39 Å². The molecule has 18 heavy (non-hydrogen) atoms. The molecule has 0 unspecified atom stereocenters. The van der Waals surface area contributed by atoms with Crippen LogP contribution in [0.2, 0.25) is 0 Å². The lowest BCUT2D eigenvalue weighted by molar-refractivity contribution is 0.0689. The van der Waals surface area contributed by atoms with Crippen LogP contribution in [-0.2, 0) is 13.0 Å². The number of carboxylic acid groups (broad SMARTS) is 1. The summed E-state index contributed by atoms with van der Waals surface area (Å²) >= 11 is 0. The Morgan fingerprint density at radius 3 is 2.78 bits per heavy atom. The Bertz CT molecular complexity index is 578. The molecule has 0 saturated heterocycles. The topological polar surface area (TPSA) is 55.1 Å². The summed E-state index contributed by atoms with van der Waals surface area (Å²) in [6.45, 7) is 2.14. The molecule has 0 radical (unpaired) electrons. The molecule has 4 nitrogen and oxygen atoms in total. The second-order valence-corrected chi connectivity index (χ2v) is 3.93. The molecule has 94 valence electrons. The van der Waals surface area contributed by atoms with Crippen molar-refractivity contribution in [3.05, 3.63) is 53.1 Å². The van der Waals surface area contributed by atoms with E-state index in [1.54, 1.807) is 18.2 Å². The first-order valence-electron chi connectivity index (χ1n) is 5.65. The van der Waals surface area contributed by atoms with Crippen molar-refractivity contribution >= 4 is 5.97 Å². The van der Waals surface area contributed by atoms with Gasteiger partial charge in [0.25, 0.3) is 0 Å². The molecule has 0 bridgehead atoms. The highest BCUT2D eigenvalue weighted by atomic mass is 19.1. The van der Waals surface area contributed by atoms with Gasteiger partial charge in [0.15, 0.2) is 5.69 Å². The first kappa shape index (κ1) is 12.3. The van der Waals surface area contributed by atoms with Gasteiger partial charge in [-0.25, -0.2) is 9.18 Å². The Morgan fingerprint density at radius 1 is 1.44 bits per heavy atom. The van der Waals surface area contributed by atoms with E-state index in [9.17, 15) is 9.18 Å². The summed E-state index contributed by atoms with van der Waals surface area (Å²) in [6, 6.07) is 7.92. The van der Waals surface area contributed by atoms with Gasteiger partial charge in [0.05, 0.1) is 6.54 Å². The minimum atomic E-state index is -1.07. The SMILES string of the molecule is CCc1cc(C(=O)O)nn1Cc1ccccc1F. The summed E-state index contributed by atoms with van der Waals surface area (Å²) in [6.07, 6.45) is 0.648. The van der Waals surface area contributed by atoms with Crippen molar-refractivity contribution in [3.63, 3.8) is 0 Å². The molecule has 0 fully saturated rings. The van der Waals surface area contributed by atoms with Gasteiger partial charge in [0.2, 0.25) is 0 Å². The Balaban J connectivity index is 2.34. The molecule has 1 heterocycles. The van der Waals surface area contributed by atoms with Gasteiger partial charge in [-0.15, -0.1) is 0 Å². The highest BCUT2D eigenvalue weighted by Crippen LogP contribution is 2.12. The standard InChI is InChI=1S/C13H13FN2O2/c1-2-10-7-12(13(17)18)15-16(10)8-9-5-3-4-6-11(9)14/h3-7H,2,8H2,1H3,(H,17,18). The largest absolute Gasteiger partial charge is 0.476 e. The number of carbonyl (C=O) groups is 1. The summed E-state index contributed by atoms with van der Waals surface area (Å²) in [5, 5.41) is 12.9. The third-order valence-electron chi connectivity index (χ3n) is 2.72. The first-order chi connectivity index (χ1) is 8.61. The van der Waals surface area contributed by atoms with Crippen molar-refractivity contribution in [3.8, 4) is 0 Å². The maximum Gasteiger partial charge on any atom is 0.356 e. The van der Waals surface area contributed by atoms with Crippen LogP contribution in [0.25, 0.3) is 0 Å². The van der Waals surface area contributed by atoms with Crippen LogP contribution in [0.3, 0.4) is 0 Å².